The van der Waals surface area contributed by atoms with Gasteiger partial charge >= 0.3 is 5.97 Å². The number of amides is 8. The molecule has 386 valence electrons. The van der Waals surface area contributed by atoms with Crippen LogP contribution < -0.4 is 48.3 Å². The number of fused-ring (bicyclic) bond motifs is 1. The number of rotatable bonds is 29. The SMILES string of the molecule is CC[C@H](C)[C@H](NC(=O)[C@@H](NC(=O)[C@H](CCSC)NC(=O)[C@@H](N)C(C)C)C(C)C)C(=O)N[C@@H](C)C(=O)NCC(=O)N[C@@H](Cc1c[nH]c2ccccc12)C(=O)N[C@@H](CC(C)C)C(=O)N[C@H](C(=O)O)C(C)C. The van der Waals surface area contributed by atoms with E-state index in [0.29, 0.717) is 17.7 Å². The van der Waals surface area contributed by atoms with E-state index in [1.807, 2.05) is 51.3 Å². The fourth-order valence-electron chi connectivity index (χ4n) is 7.22. The van der Waals surface area contributed by atoms with Crippen LogP contribution in [0.2, 0.25) is 0 Å². The molecule has 12 N–H and O–H groups in total. The van der Waals surface area contributed by atoms with Crippen LogP contribution in [0.15, 0.2) is 30.5 Å². The molecule has 0 aliphatic rings. The summed E-state index contributed by atoms with van der Waals surface area (Å²) in [7, 11) is 0. The predicted octanol–water partition coefficient (Wildman–Crippen LogP) is 1.47. The summed E-state index contributed by atoms with van der Waals surface area (Å²) < 4.78 is 0. The second kappa shape index (κ2) is 28.7. The Labute approximate surface area is 410 Å². The van der Waals surface area contributed by atoms with Gasteiger partial charge in [-0.25, -0.2) is 4.79 Å². The molecule has 1 aromatic heterocycles. The number of nitrogens with one attached hydrogen (secondary N) is 9. The highest BCUT2D eigenvalue weighted by atomic mass is 32.2. The van der Waals surface area contributed by atoms with Crippen LogP contribution in [0.25, 0.3) is 10.9 Å². The third-order valence-electron chi connectivity index (χ3n) is 11.8. The van der Waals surface area contributed by atoms with Crippen molar-refractivity contribution in [2.45, 2.75) is 150 Å². The fraction of sp³-hybridized carbons (Fsp3) is 0.646. The first-order valence-corrected chi connectivity index (χ1v) is 25.1. The summed E-state index contributed by atoms with van der Waals surface area (Å²) in [5.41, 5.74) is 7.49. The van der Waals surface area contributed by atoms with E-state index in [1.54, 1.807) is 54.7 Å². The summed E-state index contributed by atoms with van der Waals surface area (Å²) in [4.78, 5) is 123. The van der Waals surface area contributed by atoms with Crippen LogP contribution in [0.3, 0.4) is 0 Å². The highest BCUT2D eigenvalue weighted by Crippen LogP contribution is 2.20. The average Bonchev–Trinajstić information content (AvgIpc) is 3.69. The molecule has 21 heteroatoms. The van der Waals surface area contributed by atoms with Gasteiger partial charge in [0, 0.05) is 23.5 Å². The molecule has 2 rings (SSSR count). The van der Waals surface area contributed by atoms with Gasteiger partial charge in [0.05, 0.1) is 12.6 Å². The Kier molecular flexibility index (Phi) is 24.7. The van der Waals surface area contributed by atoms with Crippen molar-refractivity contribution < 1.29 is 48.3 Å². The summed E-state index contributed by atoms with van der Waals surface area (Å²) >= 11 is 1.48. The number of hydrogen-bond acceptors (Lipinski definition) is 11. The van der Waals surface area contributed by atoms with Crippen molar-refractivity contribution in [3.05, 3.63) is 36.0 Å². The van der Waals surface area contributed by atoms with Crippen molar-refractivity contribution >= 4 is 75.9 Å². The van der Waals surface area contributed by atoms with E-state index in [9.17, 15) is 48.3 Å². The maximum absolute atomic E-state index is 14.0. The molecule has 1 heterocycles. The van der Waals surface area contributed by atoms with Crippen LogP contribution in [0.4, 0.5) is 0 Å². The Morgan fingerprint density at radius 1 is 0.638 bits per heavy atom. The highest BCUT2D eigenvalue weighted by molar-refractivity contribution is 7.98. The Balaban J connectivity index is 2.23. The molecule has 0 aliphatic heterocycles. The maximum Gasteiger partial charge on any atom is 0.326 e. The summed E-state index contributed by atoms with van der Waals surface area (Å²) in [5, 5.41) is 31.7. The summed E-state index contributed by atoms with van der Waals surface area (Å²) in [6.45, 7) is 18.3. The first kappa shape index (κ1) is 59.4. The lowest BCUT2D eigenvalue weighted by Gasteiger charge is -2.30. The van der Waals surface area contributed by atoms with Crippen molar-refractivity contribution in [3.8, 4) is 0 Å². The van der Waals surface area contributed by atoms with Crippen molar-refractivity contribution in [1.82, 2.24) is 47.5 Å². The van der Waals surface area contributed by atoms with Crippen molar-refractivity contribution in [2.24, 2.45) is 35.3 Å². The summed E-state index contributed by atoms with van der Waals surface area (Å²) in [6.07, 6.45) is 4.44. The van der Waals surface area contributed by atoms with Gasteiger partial charge in [-0.3, -0.25) is 38.4 Å². The number of hydrogen-bond donors (Lipinski definition) is 11. The zero-order valence-electron chi connectivity index (χ0n) is 42.2. The molecular weight excluding hydrogens is 909 g/mol. The van der Waals surface area contributed by atoms with Crippen LogP contribution >= 0.6 is 11.8 Å². The van der Waals surface area contributed by atoms with E-state index in [2.05, 4.69) is 47.5 Å². The lowest BCUT2D eigenvalue weighted by molar-refractivity contribution is -0.143. The number of H-pyrrole nitrogens is 1. The van der Waals surface area contributed by atoms with Gasteiger partial charge in [-0.1, -0.05) is 93.9 Å². The molecular formula is C48H78N10O10S. The lowest BCUT2D eigenvalue weighted by Crippen LogP contribution is -2.61. The molecule has 8 amide bonds. The molecule has 0 aliphatic carbocycles. The van der Waals surface area contributed by atoms with Crippen LogP contribution in [-0.4, -0.2) is 130 Å². The molecule has 2 aromatic rings. The zero-order valence-corrected chi connectivity index (χ0v) is 43.1. The van der Waals surface area contributed by atoms with E-state index in [-0.39, 0.29) is 31.1 Å². The largest absolute Gasteiger partial charge is 0.480 e. The summed E-state index contributed by atoms with van der Waals surface area (Å²) in [5.74, 6) is -7.59. The van der Waals surface area contributed by atoms with Gasteiger partial charge < -0.3 is 58.4 Å². The van der Waals surface area contributed by atoms with Crippen LogP contribution in [0.5, 0.6) is 0 Å². The number of aliphatic carboxylic acids is 1. The van der Waals surface area contributed by atoms with Gasteiger partial charge in [-0.2, -0.15) is 11.8 Å². The minimum absolute atomic E-state index is 0.0199. The maximum atomic E-state index is 14.0. The van der Waals surface area contributed by atoms with Gasteiger partial charge in [-0.05, 0) is 73.0 Å². The Morgan fingerprint density at radius 3 is 1.75 bits per heavy atom. The molecule has 1 aromatic carbocycles. The number of thioether (sulfide) groups is 1. The second-order valence-corrected chi connectivity index (χ2v) is 20.1. The molecule has 0 unspecified atom stereocenters. The number of carbonyl (C=O) groups excluding carboxylic acids is 8. The van der Waals surface area contributed by atoms with Crippen molar-refractivity contribution in [1.29, 1.82) is 0 Å². The summed E-state index contributed by atoms with van der Waals surface area (Å²) in [6, 6.07) is -1.50. The average molecular weight is 987 g/mol. The first-order valence-electron chi connectivity index (χ1n) is 23.7. The predicted molar refractivity (Wildman–Crippen MR) is 266 cm³/mol. The number of para-hydroxylation sites is 1. The molecule has 0 radical (unpaired) electrons. The van der Waals surface area contributed by atoms with Gasteiger partial charge in [0.2, 0.25) is 47.3 Å². The third-order valence-corrected chi connectivity index (χ3v) is 12.4. The standard InChI is InChI=1S/C48H78N10O10S/c1-13-28(10)40(58-46(65)38(26(6)7)56-42(61)33(18-19-69-12)54-45(64)37(49)25(4)5)47(66)52-29(11)41(60)51-23-36(59)53-35(21-30-22-50-32-17-15-14-16-31(30)32)43(62)55-34(20-24(2)3)44(63)57-39(27(8)9)48(67)68/h14-17,22,24-29,33-35,37-40,50H,13,18-21,23,49H2,1-12H3,(H,51,60)(H,52,66)(H,53,59)(H,54,64)(H,55,62)(H,56,61)(H,57,63)(H,58,65)(H,67,68)/t28-,29-,33-,34-,35-,37-,38-,39-,40-/m0/s1. The van der Waals surface area contributed by atoms with E-state index in [1.165, 1.54) is 18.7 Å². The molecule has 0 saturated carbocycles. The minimum atomic E-state index is -1.25. The fourth-order valence-corrected chi connectivity index (χ4v) is 7.69. The van der Waals surface area contributed by atoms with Gasteiger partial charge in [0.1, 0.15) is 42.3 Å². The molecule has 20 nitrogen and oxygen atoms in total. The molecule has 0 saturated heterocycles. The smallest absolute Gasteiger partial charge is 0.326 e. The number of carboxylic acids is 1. The number of benzene rings is 1. The Hall–Kier alpha value is -5.70. The number of carbonyl (C=O) groups is 9. The highest BCUT2D eigenvalue weighted by Gasteiger charge is 2.36. The Bertz CT molecular complexity index is 2080. The third kappa shape index (κ3) is 19.0. The molecule has 0 bridgehead atoms. The normalized spacial score (nSPS) is 15.4. The zero-order chi connectivity index (χ0) is 52.3. The van der Waals surface area contributed by atoms with Crippen molar-refractivity contribution in [2.75, 3.05) is 18.6 Å². The van der Waals surface area contributed by atoms with E-state index in [0.717, 1.165) is 10.9 Å². The molecule has 0 fully saturated rings. The lowest BCUT2D eigenvalue weighted by atomic mass is 9.96. The van der Waals surface area contributed by atoms with Crippen LogP contribution in [-0.2, 0) is 49.6 Å². The first-order chi connectivity index (χ1) is 32.3. The minimum Gasteiger partial charge on any atom is -0.480 e. The molecule has 9 atom stereocenters. The van der Waals surface area contributed by atoms with Crippen LogP contribution in [0, 0.1) is 29.6 Å². The Morgan fingerprint density at radius 2 is 1.19 bits per heavy atom. The van der Waals surface area contributed by atoms with Crippen LogP contribution in [0.1, 0.15) is 101 Å². The van der Waals surface area contributed by atoms with E-state index >= 15 is 0 Å². The number of aromatic amines is 1. The topological polar surface area (TPSA) is 312 Å². The van der Waals surface area contributed by atoms with Gasteiger partial charge in [0.25, 0.3) is 0 Å². The van der Waals surface area contributed by atoms with Crippen molar-refractivity contribution in [3.63, 3.8) is 0 Å². The van der Waals surface area contributed by atoms with E-state index < -0.39 is 126 Å². The molecule has 69 heavy (non-hydrogen) atoms. The number of nitrogens with two attached hydrogens (primary N) is 1. The van der Waals surface area contributed by atoms with E-state index in [4.69, 9.17) is 5.73 Å². The monoisotopic (exact) mass is 987 g/mol. The molecule has 0 spiro atoms. The van der Waals surface area contributed by atoms with Gasteiger partial charge in [-0.15, -0.1) is 0 Å². The quantitative estimate of drug-likeness (QED) is 0.0553. The second-order valence-electron chi connectivity index (χ2n) is 19.1. The number of aromatic nitrogens is 1. The van der Waals surface area contributed by atoms with Gasteiger partial charge in [0.15, 0.2) is 0 Å². The number of carboxylic acid groups (broad SMARTS) is 1.